The maximum absolute atomic E-state index is 4.04. The highest BCUT2D eigenvalue weighted by Crippen LogP contribution is 2.26. The molecule has 1 N–H and O–H groups in total. The zero-order chi connectivity index (χ0) is 5.56. The minimum Gasteiger partial charge on any atom is -0.465 e. The minimum absolute atomic E-state index is 0.944. The summed E-state index contributed by atoms with van der Waals surface area (Å²) in [6, 6.07) is 0.944. The normalized spacial score (nSPS) is 52.9. The summed E-state index contributed by atoms with van der Waals surface area (Å²) in [5.41, 5.74) is 0. The van der Waals surface area contributed by atoms with Crippen LogP contribution in [0.4, 0.5) is 0 Å². The second kappa shape index (κ2) is 1.47. The minimum atomic E-state index is 0.944. The van der Waals surface area contributed by atoms with E-state index in [2.05, 4.69) is 7.05 Å². The summed E-state index contributed by atoms with van der Waals surface area (Å²) in [7, 11) is 4.04. The lowest BCUT2D eigenvalue weighted by atomic mass is 10.1. The molecule has 2 aliphatic rings. The monoisotopic (exact) mass is 111 g/mol. The summed E-state index contributed by atoms with van der Waals surface area (Å²) in [6.07, 6.45) is 4.41. The van der Waals surface area contributed by atoms with Crippen LogP contribution in [0.5, 0.6) is 0 Å². The fraction of sp³-hybridized carbons (Fsp3) is 0.857. The van der Waals surface area contributed by atoms with E-state index in [1.165, 1.54) is 25.8 Å². The van der Waals surface area contributed by atoms with Crippen molar-refractivity contribution < 1.29 is 4.90 Å². The summed E-state index contributed by atoms with van der Waals surface area (Å²) in [6.45, 7) is 1.35. The van der Waals surface area contributed by atoms with Gasteiger partial charge in [-0.05, 0) is 12.8 Å². The zero-order valence-corrected chi connectivity index (χ0v) is 5.19. The van der Waals surface area contributed by atoms with Gasteiger partial charge < -0.3 is 4.90 Å². The lowest BCUT2D eigenvalue weighted by Crippen LogP contribution is -3.09. The molecule has 1 heteroatoms. The average Bonchev–Trinajstić information content (AvgIpc) is 2.23. The maximum atomic E-state index is 4.04. The van der Waals surface area contributed by atoms with E-state index >= 15 is 0 Å². The van der Waals surface area contributed by atoms with Gasteiger partial charge in [0, 0.05) is 12.3 Å². The number of rotatable bonds is 0. The third kappa shape index (κ3) is 0.510. The van der Waals surface area contributed by atoms with E-state index in [0.717, 1.165) is 12.0 Å². The van der Waals surface area contributed by atoms with Gasteiger partial charge >= 0.3 is 0 Å². The quantitative estimate of drug-likeness (QED) is 0.414. The van der Waals surface area contributed by atoms with Gasteiger partial charge in [-0.1, -0.05) is 0 Å². The number of fused-ring (bicyclic) bond motifs is 2. The molecule has 1 saturated heterocycles. The van der Waals surface area contributed by atoms with Crippen molar-refractivity contribution in [2.24, 2.45) is 5.92 Å². The molecule has 1 aliphatic carbocycles. The van der Waals surface area contributed by atoms with Crippen LogP contribution >= 0.6 is 0 Å². The van der Waals surface area contributed by atoms with Crippen LogP contribution in [-0.2, 0) is 0 Å². The molecule has 0 aromatic rings. The van der Waals surface area contributed by atoms with E-state index in [1.807, 2.05) is 0 Å². The summed E-state index contributed by atoms with van der Waals surface area (Å²) in [5, 5.41) is 0. The number of piperidine rings is 1. The van der Waals surface area contributed by atoms with Crippen molar-refractivity contribution in [2.75, 3.05) is 6.54 Å². The van der Waals surface area contributed by atoms with Gasteiger partial charge in [-0.2, -0.15) is 7.05 Å². The van der Waals surface area contributed by atoms with Gasteiger partial charge in [-0.25, -0.2) is 0 Å². The molecular weight excluding hydrogens is 98.1 g/mol. The van der Waals surface area contributed by atoms with E-state index < -0.39 is 0 Å². The van der Waals surface area contributed by atoms with Crippen molar-refractivity contribution in [3.8, 4) is 0 Å². The molecule has 1 saturated carbocycles. The largest absolute Gasteiger partial charge is 0.465 e. The molecule has 0 radical (unpaired) electrons. The SMILES string of the molecule is [CH2-][NH+]1CC2CCC1C2. The number of likely N-dealkylation sites (tertiary alicyclic amines) is 1. The van der Waals surface area contributed by atoms with Gasteiger partial charge in [-0.3, -0.25) is 0 Å². The Labute approximate surface area is 50.7 Å². The Morgan fingerprint density at radius 1 is 1.38 bits per heavy atom. The number of nitrogens with one attached hydrogen (secondary N) is 1. The lowest BCUT2D eigenvalue weighted by Gasteiger charge is -2.25. The third-order valence-corrected chi connectivity index (χ3v) is 2.67. The Morgan fingerprint density at radius 3 is 2.50 bits per heavy atom. The highest BCUT2D eigenvalue weighted by atomic mass is 15.2. The fourth-order valence-electron chi connectivity index (χ4n) is 2.17. The van der Waals surface area contributed by atoms with Crippen LogP contribution in [0.1, 0.15) is 19.3 Å². The highest BCUT2D eigenvalue weighted by Gasteiger charge is 2.36. The number of hydrogen-bond acceptors (Lipinski definition) is 0. The zero-order valence-electron chi connectivity index (χ0n) is 5.19. The molecule has 1 aliphatic heterocycles. The first-order chi connectivity index (χ1) is 3.86. The Hall–Kier alpha value is -0.0400. The molecule has 0 amide bonds. The topological polar surface area (TPSA) is 4.44 Å². The van der Waals surface area contributed by atoms with Crippen molar-refractivity contribution in [3.05, 3.63) is 7.05 Å². The first kappa shape index (κ1) is 4.80. The van der Waals surface area contributed by atoms with Crippen LogP contribution in [-0.4, -0.2) is 12.6 Å². The molecule has 3 atom stereocenters. The van der Waals surface area contributed by atoms with Crippen LogP contribution in [0.2, 0.25) is 0 Å². The van der Waals surface area contributed by atoms with E-state index in [9.17, 15) is 0 Å². The maximum Gasteiger partial charge on any atom is 0.0640 e. The van der Waals surface area contributed by atoms with Gasteiger partial charge in [0.15, 0.2) is 0 Å². The van der Waals surface area contributed by atoms with Crippen molar-refractivity contribution >= 4 is 0 Å². The lowest BCUT2D eigenvalue weighted by molar-refractivity contribution is -0.872. The Balaban J connectivity index is 2.11. The highest BCUT2D eigenvalue weighted by molar-refractivity contribution is 4.79. The standard InChI is InChI=1S/C7H13N/c1-8-5-6-2-3-7(8)4-6/h6-8H,1-5H2. The Kier molecular flexibility index (Phi) is 0.884. The van der Waals surface area contributed by atoms with Crippen LogP contribution in [0.25, 0.3) is 0 Å². The van der Waals surface area contributed by atoms with Gasteiger partial charge in [-0.15, -0.1) is 0 Å². The Morgan fingerprint density at radius 2 is 2.25 bits per heavy atom. The number of hydrogen-bond donors (Lipinski definition) is 1. The van der Waals surface area contributed by atoms with Gasteiger partial charge in [0.1, 0.15) is 0 Å². The summed E-state index contributed by atoms with van der Waals surface area (Å²) in [4.78, 5) is 1.54. The van der Waals surface area contributed by atoms with Gasteiger partial charge in [0.25, 0.3) is 0 Å². The molecule has 1 heterocycles. The number of quaternary nitrogens is 1. The molecular formula is C7H13N. The van der Waals surface area contributed by atoms with Gasteiger partial charge in [0.05, 0.1) is 12.6 Å². The predicted molar refractivity (Wildman–Crippen MR) is 32.3 cm³/mol. The molecule has 0 spiro atoms. The molecule has 0 aromatic heterocycles. The third-order valence-electron chi connectivity index (χ3n) is 2.67. The molecule has 2 rings (SSSR count). The van der Waals surface area contributed by atoms with Crippen LogP contribution in [0.3, 0.4) is 0 Å². The van der Waals surface area contributed by atoms with E-state index in [1.54, 1.807) is 4.90 Å². The smallest absolute Gasteiger partial charge is 0.0640 e. The molecule has 1 nitrogen and oxygen atoms in total. The van der Waals surface area contributed by atoms with Crippen molar-refractivity contribution in [2.45, 2.75) is 25.3 Å². The van der Waals surface area contributed by atoms with Crippen molar-refractivity contribution in [1.29, 1.82) is 0 Å². The molecule has 2 fully saturated rings. The fourth-order valence-corrected chi connectivity index (χ4v) is 2.17. The second-order valence-corrected chi connectivity index (χ2v) is 3.24. The second-order valence-electron chi connectivity index (χ2n) is 3.24. The van der Waals surface area contributed by atoms with Crippen molar-refractivity contribution in [3.63, 3.8) is 0 Å². The van der Waals surface area contributed by atoms with Crippen LogP contribution < -0.4 is 4.90 Å². The molecule has 46 valence electrons. The van der Waals surface area contributed by atoms with Crippen LogP contribution in [0.15, 0.2) is 0 Å². The predicted octanol–water partition coefficient (Wildman–Crippen LogP) is -0.155. The first-order valence-corrected chi connectivity index (χ1v) is 3.54. The van der Waals surface area contributed by atoms with E-state index in [0.29, 0.717) is 0 Å². The molecule has 8 heavy (non-hydrogen) atoms. The summed E-state index contributed by atoms with van der Waals surface area (Å²) < 4.78 is 0. The first-order valence-electron chi connectivity index (χ1n) is 3.54. The Bertz CT molecular complexity index is 98.6. The molecule has 2 bridgehead atoms. The molecule has 3 unspecified atom stereocenters. The van der Waals surface area contributed by atoms with Gasteiger partial charge in [0.2, 0.25) is 0 Å². The van der Waals surface area contributed by atoms with E-state index in [4.69, 9.17) is 0 Å². The van der Waals surface area contributed by atoms with Crippen molar-refractivity contribution in [1.82, 2.24) is 0 Å². The molecule has 0 aromatic carbocycles. The van der Waals surface area contributed by atoms with Crippen LogP contribution in [0, 0.1) is 13.0 Å². The summed E-state index contributed by atoms with van der Waals surface area (Å²) in [5.74, 6) is 1.05. The summed E-state index contributed by atoms with van der Waals surface area (Å²) >= 11 is 0. The van der Waals surface area contributed by atoms with E-state index in [-0.39, 0.29) is 0 Å². The average molecular weight is 111 g/mol.